The van der Waals surface area contributed by atoms with Crippen LogP contribution < -0.4 is 10.9 Å². The largest absolute Gasteiger partial charge is 0.325 e. The SMILES string of the molecule is CCC(Sc1nnc(-c2ccccc2)c(=O)[nH]1)C(=O)Nc1ccc(C(C)=O)cc1. The molecule has 0 fully saturated rings. The van der Waals surface area contributed by atoms with E-state index in [-0.39, 0.29) is 28.1 Å². The third-order valence-electron chi connectivity index (χ3n) is 4.20. The number of anilines is 1. The van der Waals surface area contributed by atoms with Crippen LogP contribution in [0.25, 0.3) is 11.3 Å². The highest BCUT2D eigenvalue weighted by molar-refractivity contribution is 8.00. The summed E-state index contributed by atoms with van der Waals surface area (Å²) in [5.41, 5.74) is 1.73. The lowest BCUT2D eigenvalue weighted by atomic mass is 10.1. The summed E-state index contributed by atoms with van der Waals surface area (Å²) in [6.07, 6.45) is 0.534. The van der Waals surface area contributed by atoms with E-state index in [1.54, 1.807) is 36.4 Å². The number of rotatable bonds is 7. The Morgan fingerprint density at radius 3 is 2.34 bits per heavy atom. The van der Waals surface area contributed by atoms with Gasteiger partial charge in [0, 0.05) is 16.8 Å². The van der Waals surface area contributed by atoms with Gasteiger partial charge in [-0.2, -0.15) is 0 Å². The van der Waals surface area contributed by atoms with Gasteiger partial charge in [-0.15, -0.1) is 10.2 Å². The quantitative estimate of drug-likeness (QED) is 0.458. The Hall–Kier alpha value is -3.26. The molecule has 1 aromatic heterocycles. The lowest BCUT2D eigenvalue weighted by Gasteiger charge is -2.14. The third kappa shape index (κ3) is 5.17. The number of thioether (sulfide) groups is 1. The molecule has 3 rings (SSSR count). The van der Waals surface area contributed by atoms with Crippen LogP contribution >= 0.6 is 11.8 Å². The van der Waals surface area contributed by atoms with E-state index in [0.29, 0.717) is 23.2 Å². The van der Waals surface area contributed by atoms with Crippen molar-refractivity contribution in [3.63, 3.8) is 0 Å². The van der Waals surface area contributed by atoms with Crippen LogP contribution in [0.4, 0.5) is 5.69 Å². The van der Waals surface area contributed by atoms with Crippen molar-refractivity contribution in [2.75, 3.05) is 5.32 Å². The maximum absolute atomic E-state index is 12.6. The summed E-state index contributed by atoms with van der Waals surface area (Å²) in [7, 11) is 0. The second-order valence-electron chi connectivity index (χ2n) is 6.31. The first-order chi connectivity index (χ1) is 14.0. The molecule has 2 aromatic carbocycles. The number of aromatic amines is 1. The van der Waals surface area contributed by atoms with Crippen LogP contribution in [0.5, 0.6) is 0 Å². The number of aromatic nitrogens is 3. The van der Waals surface area contributed by atoms with E-state index in [0.717, 1.165) is 11.8 Å². The van der Waals surface area contributed by atoms with E-state index >= 15 is 0 Å². The van der Waals surface area contributed by atoms with Gasteiger partial charge in [0.05, 0.1) is 5.25 Å². The van der Waals surface area contributed by atoms with Crippen LogP contribution in [-0.2, 0) is 4.79 Å². The zero-order valence-electron chi connectivity index (χ0n) is 16.0. The summed E-state index contributed by atoms with van der Waals surface area (Å²) in [5, 5.41) is 10.7. The minimum atomic E-state index is -0.463. The smallest absolute Gasteiger partial charge is 0.278 e. The zero-order chi connectivity index (χ0) is 20.8. The van der Waals surface area contributed by atoms with Gasteiger partial charge in [-0.25, -0.2) is 0 Å². The van der Waals surface area contributed by atoms with E-state index in [4.69, 9.17) is 0 Å². The number of amides is 1. The highest BCUT2D eigenvalue weighted by atomic mass is 32.2. The fraction of sp³-hybridized carbons (Fsp3) is 0.190. The number of Topliss-reactive ketones (excluding diaryl/α,β-unsaturated/α-hetero) is 1. The molecule has 0 aliphatic rings. The number of hydrogen-bond donors (Lipinski definition) is 2. The monoisotopic (exact) mass is 408 g/mol. The first-order valence-corrected chi connectivity index (χ1v) is 9.97. The Morgan fingerprint density at radius 2 is 1.76 bits per heavy atom. The van der Waals surface area contributed by atoms with Crippen molar-refractivity contribution in [3.05, 3.63) is 70.5 Å². The van der Waals surface area contributed by atoms with Gasteiger partial charge in [0.25, 0.3) is 5.56 Å². The van der Waals surface area contributed by atoms with Crippen molar-refractivity contribution in [3.8, 4) is 11.3 Å². The van der Waals surface area contributed by atoms with Crippen LogP contribution in [0.15, 0.2) is 64.5 Å². The molecular formula is C21H20N4O3S. The van der Waals surface area contributed by atoms with Crippen LogP contribution in [0.2, 0.25) is 0 Å². The second-order valence-corrected chi connectivity index (χ2v) is 7.50. The molecule has 1 unspecified atom stereocenters. The van der Waals surface area contributed by atoms with Gasteiger partial charge in [0.2, 0.25) is 5.91 Å². The van der Waals surface area contributed by atoms with Crippen LogP contribution in [0.3, 0.4) is 0 Å². The summed E-state index contributed by atoms with van der Waals surface area (Å²) >= 11 is 1.15. The number of carbonyl (C=O) groups is 2. The highest BCUT2D eigenvalue weighted by Crippen LogP contribution is 2.23. The molecule has 0 aliphatic heterocycles. The molecule has 0 saturated heterocycles. The molecule has 1 amide bonds. The first kappa shape index (κ1) is 20.5. The van der Waals surface area contributed by atoms with Crippen LogP contribution in [-0.4, -0.2) is 32.1 Å². The van der Waals surface area contributed by atoms with Gasteiger partial charge in [-0.1, -0.05) is 49.0 Å². The van der Waals surface area contributed by atoms with Gasteiger partial charge in [-0.3, -0.25) is 19.4 Å². The number of H-pyrrole nitrogens is 1. The van der Waals surface area contributed by atoms with E-state index in [1.807, 2.05) is 25.1 Å². The Kier molecular flexibility index (Phi) is 6.56. The van der Waals surface area contributed by atoms with Gasteiger partial charge in [0.1, 0.15) is 0 Å². The molecule has 3 aromatic rings. The van der Waals surface area contributed by atoms with Gasteiger partial charge < -0.3 is 5.32 Å². The molecule has 1 heterocycles. The van der Waals surface area contributed by atoms with Crippen molar-refractivity contribution in [2.45, 2.75) is 30.7 Å². The topological polar surface area (TPSA) is 105 Å². The molecule has 1 atom stereocenters. The Labute approximate surface area is 172 Å². The van der Waals surface area contributed by atoms with Crippen molar-refractivity contribution in [2.24, 2.45) is 0 Å². The lowest BCUT2D eigenvalue weighted by Crippen LogP contribution is -2.25. The van der Waals surface area contributed by atoms with E-state index in [1.165, 1.54) is 6.92 Å². The van der Waals surface area contributed by atoms with Crippen molar-refractivity contribution < 1.29 is 9.59 Å². The second kappa shape index (κ2) is 9.29. The zero-order valence-corrected chi connectivity index (χ0v) is 16.8. The van der Waals surface area contributed by atoms with E-state index in [2.05, 4.69) is 20.5 Å². The minimum Gasteiger partial charge on any atom is -0.325 e. The highest BCUT2D eigenvalue weighted by Gasteiger charge is 2.20. The molecule has 8 heteroatoms. The van der Waals surface area contributed by atoms with Gasteiger partial charge >= 0.3 is 0 Å². The summed E-state index contributed by atoms with van der Waals surface area (Å²) in [6, 6.07) is 15.8. The molecule has 0 aliphatic carbocycles. The standard InChI is InChI=1S/C21H20N4O3S/c1-3-17(19(27)22-16-11-9-14(10-12-16)13(2)26)29-21-23-20(28)18(24-25-21)15-7-5-4-6-8-15/h4-12,17H,3H2,1-2H3,(H,22,27)(H,23,25,28). The molecule has 0 spiro atoms. The Bertz CT molecular complexity index is 1070. The average molecular weight is 408 g/mol. The van der Waals surface area contributed by atoms with Crippen molar-refractivity contribution in [1.82, 2.24) is 15.2 Å². The first-order valence-electron chi connectivity index (χ1n) is 9.09. The summed E-state index contributed by atoms with van der Waals surface area (Å²) in [6.45, 7) is 3.36. The summed E-state index contributed by atoms with van der Waals surface area (Å²) in [5.74, 6) is -0.255. The van der Waals surface area contributed by atoms with Gasteiger partial charge in [0.15, 0.2) is 16.6 Å². The Morgan fingerprint density at radius 1 is 1.07 bits per heavy atom. The van der Waals surface area contributed by atoms with Crippen LogP contribution in [0.1, 0.15) is 30.6 Å². The number of carbonyl (C=O) groups excluding carboxylic acids is 2. The predicted molar refractivity (Wildman–Crippen MR) is 113 cm³/mol. The summed E-state index contributed by atoms with van der Waals surface area (Å²) in [4.78, 5) is 39.0. The molecule has 0 bridgehead atoms. The lowest BCUT2D eigenvalue weighted by molar-refractivity contribution is -0.115. The third-order valence-corrected chi connectivity index (χ3v) is 5.44. The number of nitrogens with zero attached hydrogens (tertiary/aromatic N) is 2. The average Bonchev–Trinajstić information content (AvgIpc) is 2.73. The Balaban J connectivity index is 1.70. The molecule has 148 valence electrons. The van der Waals surface area contributed by atoms with E-state index < -0.39 is 5.25 Å². The predicted octanol–water partition coefficient (Wildman–Crippen LogP) is 3.54. The molecule has 7 nitrogen and oxygen atoms in total. The fourth-order valence-electron chi connectivity index (χ4n) is 2.63. The maximum atomic E-state index is 12.6. The molecular weight excluding hydrogens is 388 g/mol. The molecule has 0 radical (unpaired) electrons. The molecule has 0 saturated carbocycles. The van der Waals surface area contributed by atoms with E-state index in [9.17, 15) is 14.4 Å². The number of ketones is 1. The minimum absolute atomic E-state index is 0.0358. The number of benzene rings is 2. The fourth-order valence-corrected chi connectivity index (χ4v) is 3.47. The van der Waals surface area contributed by atoms with Crippen molar-refractivity contribution >= 4 is 29.1 Å². The summed E-state index contributed by atoms with van der Waals surface area (Å²) < 4.78 is 0. The van der Waals surface area contributed by atoms with Crippen LogP contribution in [0, 0.1) is 0 Å². The molecule has 2 N–H and O–H groups in total. The molecule has 29 heavy (non-hydrogen) atoms. The van der Waals surface area contributed by atoms with Gasteiger partial charge in [-0.05, 0) is 37.6 Å². The maximum Gasteiger partial charge on any atom is 0.278 e. The number of nitrogens with one attached hydrogen (secondary N) is 2. The normalized spacial score (nSPS) is 11.7. The number of hydrogen-bond acceptors (Lipinski definition) is 6. The van der Waals surface area contributed by atoms with Crippen molar-refractivity contribution in [1.29, 1.82) is 0 Å².